The van der Waals surface area contributed by atoms with Crippen LogP contribution in [0, 0.1) is 5.82 Å². The van der Waals surface area contributed by atoms with Crippen LogP contribution >= 0.6 is 0 Å². The molecule has 6 heteroatoms. The molecule has 2 rings (SSSR count). The second-order valence-corrected chi connectivity index (χ2v) is 4.87. The SMILES string of the molecule is O=C(O)C[C@H](NC(=O)COc1cccc(F)c1)c1ccccc1. The number of hydrogen-bond donors (Lipinski definition) is 2. The molecule has 1 atom stereocenters. The third kappa shape index (κ3) is 5.43. The molecule has 2 aromatic carbocycles. The Morgan fingerprint density at radius 3 is 2.52 bits per heavy atom. The highest BCUT2D eigenvalue weighted by atomic mass is 19.1. The van der Waals surface area contributed by atoms with E-state index in [9.17, 15) is 14.0 Å². The van der Waals surface area contributed by atoms with Crippen LogP contribution in [0.3, 0.4) is 0 Å². The molecule has 2 aromatic rings. The van der Waals surface area contributed by atoms with Crippen molar-refractivity contribution in [2.75, 3.05) is 6.61 Å². The lowest BCUT2D eigenvalue weighted by atomic mass is 10.0. The zero-order valence-corrected chi connectivity index (χ0v) is 12.2. The number of carboxylic acid groups (broad SMARTS) is 1. The van der Waals surface area contributed by atoms with Gasteiger partial charge in [-0.05, 0) is 17.7 Å². The van der Waals surface area contributed by atoms with Crippen molar-refractivity contribution in [2.24, 2.45) is 0 Å². The Labute approximate surface area is 132 Å². The Morgan fingerprint density at radius 2 is 1.87 bits per heavy atom. The molecule has 0 unspecified atom stereocenters. The van der Waals surface area contributed by atoms with Gasteiger partial charge in [-0.1, -0.05) is 36.4 Å². The largest absolute Gasteiger partial charge is 0.484 e. The van der Waals surface area contributed by atoms with E-state index in [0.717, 1.165) is 0 Å². The minimum atomic E-state index is -1.02. The molecule has 5 nitrogen and oxygen atoms in total. The third-order valence-electron chi connectivity index (χ3n) is 3.08. The van der Waals surface area contributed by atoms with E-state index in [0.29, 0.717) is 5.56 Å². The van der Waals surface area contributed by atoms with Gasteiger partial charge in [-0.3, -0.25) is 9.59 Å². The highest BCUT2D eigenvalue weighted by Crippen LogP contribution is 2.17. The number of carbonyl (C=O) groups is 2. The maximum atomic E-state index is 13.0. The molecule has 0 heterocycles. The van der Waals surface area contributed by atoms with E-state index in [-0.39, 0.29) is 18.8 Å². The lowest BCUT2D eigenvalue weighted by Crippen LogP contribution is -2.33. The van der Waals surface area contributed by atoms with Gasteiger partial charge in [0, 0.05) is 6.07 Å². The van der Waals surface area contributed by atoms with Crippen molar-refractivity contribution in [3.8, 4) is 5.75 Å². The fraction of sp³-hybridized carbons (Fsp3) is 0.176. The van der Waals surface area contributed by atoms with Crippen LogP contribution in [0.5, 0.6) is 5.75 Å². The van der Waals surface area contributed by atoms with Gasteiger partial charge in [-0.15, -0.1) is 0 Å². The van der Waals surface area contributed by atoms with Gasteiger partial charge in [0.25, 0.3) is 5.91 Å². The molecule has 2 N–H and O–H groups in total. The van der Waals surface area contributed by atoms with Gasteiger partial charge in [-0.2, -0.15) is 0 Å². The van der Waals surface area contributed by atoms with Gasteiger partial charge < -0.3 is 15.2 Å². The second kappa shape index (κ2) is 7.93. The number of halogens is 1. The predicted molar refractivity (Wildman–Crippen MR) is 81.5 cm³/mol. The van der Waals surface area contributed by atoms with E-state index >= 15 is 0 Å². The van der Waals surface area contributed by atoms with Gasteiger partial charge in [0.15, 0.2) is 6.61 Å². The summed E-state index contributed by atoms with van der Waals surface area (Å²) >= 11 is 0. The molecule has 0 aliphatic carbocycles. The van der Waals surface area contributed by atoms with Crippen LogP contribution in [0.15, 0.2) is 54.6 Å². The first kappa shape index (κ1) is 16.5. The number of benzene rings is 2. The molecule has 0 fully saturated rings. The van der Waals surface area contributed by atoms with E-state index in [2.05, 4.69) is 5.32 Å². The number of hydrogen-bond acceptors (Lipinski definition) is 3. The number of nitrogens with one attached hydrogen (secondary N) is 1. The molecule has 0 saturated carbocycles. The summed E-state index contributed by atoms with van der Waals surface area (Å²) in [5.41, 5.74) is 0.689. The van der Waals surface area contributed by atoms with Gasteiger partial charge in [-0.25, -0.2) is 4.39 Å². The van der Waals surface area contributed by atoms with Crippen molar-refractivity contribution >= 4 is 11.9 Å². The number of carboxylic acids is 1. The minimum Gasteiger partial charge on any atom is -0.484 e. The summed E-state index contributed by atoms with van der Waals surface area (Å²) in [7, 11) is 0. The van der Waals surface area contributed by atoms with Gasteiger partial charge in [0.2, 0.25) is 0 Å². The first-order valence-corrected chi connectivity index (χ1v) is 6.99. The van der Waals surface area contributed by atoms with Crippen molar-refractivity contribution in [2.45, 2.75) is 12.5 Å². The van der Waals surface area contributed by atoms with E-state index in [1.807, 2.05) is 0 Å². The second-order valence-electron chi connectivity index (χ2n) is 4.87. The number of amides is 1. The van der Waals surface area contributed by atoms with Gasteiger partial charge in [0.05, 0.1) is 12.5 Å². The first-order chi connectivity index (χ1) is 11.0. The number of aliphatic carboxylic acids is 1. The Kier molecular flexibility index (Phi) is 5.68. The molecule has 0 bridgehead atoms. The van der Waals surface area contributed by atoms with Crippen LogP contribution in [0.4, 0.5) is 4.39 Å². The molecule has 0 radical (unpaired) electrons. The smallest absolute Gasteiger partial charge is 0.305 e. The Hall–Kier alpha value is -2.89. The first-order valence-electron chi connectivity index (χ1n) is 6.99. The average Bonchev–Trinajstić information content (AvgIpc) is 2.53. The standard InChI is InChI=1S/C17H16FNO4/c18-13-7-4-8-14(9-13)23-11-16(20)19-15(10-17(21)22)12-5-2-1-3-6-12/h1-9,15H,10-11H2,(H,19,20)(H,21,22)/t15-/m0/s1. The molecule has 1 amide bonds. The van der Waals surface area contributed by atoms with Crippen molar-refractivity contribution in [1.29, 1.82) is 0 Å². The zero-order chi connectivity index (χ0) is 16.7. The molecule has 0 spiro atoms. The van der Waals surface area contributed by atoms with Crippen LogP contribution in [0.25, 0.3) is 0 Å². The zero-order valence-electron chi connectivity index (χ0n) is 12.2. The number of carbonyl (C=O) groups excluding carboxylic acids is 1. The Bertz CT molecular complexity index is 675. The molecule has 120 valence electrons. The van der Waals surface area contributed by atoms with Crippen molar-refractivity contribution < 1.29 is 23.8 Å². The van der Waals surface area contributed by atoms with Crippen molar-refractivity contribution in [1.82, 2.24) is 5.32 Å². The lowest BCUT2D eigenvalue weighted by Gasteiger charge is -2.17. The maximum Gasteiger partial charge on any atom is 0.305 e. The summed E-state index contributed by atoms with van der Waals surface area (Å²) in [6, 6.07) is 13.6. The van der Waals surface area contributed by atoms with E-state index in [1.54, 1.807) is 30.3 Å². The van der Waals surface area contributed by atoms with Crippen LogP contribution in [-0.4, -0.2) is 23.6 Å². The highest BCUT2D eigenvalue weighted by Gasteiger charge is 2.18. The van der Waals surface area contributed by atoms with Crippen LogP contribution in [0.1, 0.15) is 18.0 Å². The monoisotopic (exact) mass is 317 g/mol. The molecular formula is C17H16FNO4. The van der Waals surface area contributed by atoms with E-state index < -0.39 is 23.7 Å². The van der Waals surface area contributed by atoms with Crippen LogP contribution in [-0.2, 0) is 9.59 Å². The summed E-state index contributed by atoms with van der Waals surface area (Å²) in [6.07, 6.45) is -0.240. The van der Waals surface area contributed by atoms with Gasteiger partial charge >= 0.3 is 5.97 Å². The van der Waals surface area contributed by atoms with Crippen LogP contribution in [0.2, 0.25) is 0 Å². The molecule has 0 aromatic heterocycles. The fourth-order valence-electron chi connectivity index (χ4n) is 2.05. The molecule has 0 aliphatic rings. The van der Waals surface area contributed by atoms with E-state index in [4.69, 9.17) is 9.84 Å². The van der Waals surface area contributed by atoms with Crippen molar-refractivity contribution in [3.05, 3.63) is 66.0 Å². The van der Waals surface area contributed by atoms with Crippen molar-refractivity contribution in [3.63, 3.8) is 0 Å². The minimum absolute atomic E-state index is 0.231. The maximum absolute atomic E-state index is 13.0. The predicted octanol–water partition coefficient (Wildman–Crippen LogP) is 2.54. The molecule has 0 saturated heterocycles. The lowest BCUT2D eigenvalue weighted by molar-refractivity contribution is -0.137. The highest BCUT2D eigenvalue weighted by molar-refractivity contribution is 5.79. The Morgan fingerprint density at radius 1 is 1.13 bits per heavy atom. The molecule has 23 heavy (non-hydrogen) atoms. The topological polar surface area (TPSA) is 75.6 Å². The summed E-state index contributed by atoms with van der Waals surface area (Å²) < 4.78 is 18.2. The third-order valence-corrected chi connectivity index (χ3v) is 3.08. The van der Waals surface area contributed by atoms with Gasteiger partial charge in [0.1, 0.15) is 11.6 Å². The van der Waals surface area contributed by atoms with Crippen LogP contribution < -0.4 is 10.1 Å². The summed E-state index contributed by atoms with van der Waals surface area (Å²) in [6.45, 7) is -0.327. The Balaban J connectivity index is 1.96. The normalized spacial score (nSPS) is 11.5. The summed E-state index contributed by atoms with van der Waals surface area (Å²) in [5, 5.41) is 11.6. The molecular weight excluding hydrogens is 301 g/mol. The number of ether oxygens (including phenoxy) is 1. The van der Waals surface area contributed by atoms with E-state index in [1.165, 1.54) is 24.3 Å². The molecule has 0 aliphatic heterocycles. The fourth-order valence-corrected chi connectivity index (χ4v) is 2.05. The quantitative estimate of drug-likeness (QED) is 0.823. The average molecular weight is 317 g/mol. The summed E-state index contributed by atoms with van der Waals surface area (Å²) in [4.78, 5) is 22.9. The summed E-state index contributed by atoms with van der Waals surface area (Å²) in [5.74, 6) is -1.74. The number of rotatable bonds is 7.